The highest BCUT2D eigenvalue weighted by atomic mass is 16.5. The van der Waals surface area contributed by atoms with E-state index in [1.165, 1.54) is 6.92 Å². The molecule has 0 bridgehead atoms. The third-order valence-corrected chi connectivity index (χ3v) is 11.1. The Morgan fingerprint density at radius 3 is 2.29 bits per heavy atom. The van der Waals surface area contributed by atoms with E-state index in [4.69, 9.17) is 4.74 Å². The number of carbonyl (C=O) groups excluding carboxylic acids is 4. The Kier molecular flexibility index (Phi) is 7.29. The fourth-order valence-corrected chi connectivity index (χ4v) is 8.68. The van der Waals surface area contributed by atoms with Crippen LogP contribution in [-0.2, 0) is 23.9 Å². The zero-order valence-corrected chi connectivity index (χ0v) is 24.5. The number of amides is 1. The van der Waals surface area contributed by atoms with Gasteiger partial charge in [0.1, 0.15) is 6.10 Å². The van der Waals surface area contributed by atoms with E-state index in [9.17, 15) is 24.3 Å². The summed E-state index contributed by atoms with van der Waals surface area (Å²) in [5.41, 5.74) is -3.53. The van der Waals surface area contributed by atoms with Crippen LogP contribution in [0.5, 0.6) is 0 Å². The predicted molar refractivity (Wildman–Crippen MR) is 144 cm³/mol. The molecule has 7 nitrogen and oxygen atoms in total. The number of Topliss-reactive ketones (excluding diaryl/α,β-unsaturated/α-hetero) is 2. The Hall–Kier alpha value is -2.02. The van der Waals surface area contributed by atoms with Gasteiger partial charge in [-0.15, -0.1) is 0 Å². The molecule has 7 heteroatoms. The smallest absolute Gasteiger partial charge is 0.302 e. The van der Waals surface area contributed by atoms with Gasteiger partial charge in [-0.05, 0) is 54.6 Å². The maximum Gasteiger partial charge on any atom is 0.302 e. The molecule has 3 aliphatic carbocycles. The van der Waals surface area contributed by atoms with Crippen molar-refractivity contribution >= 4 is 23.4 Å². The molecule has 38 heavy (non-hydrogen) atoms. The van der Waals surface area contributed by atoms with Gasteiger partial charge in [0.2, 0.25) is 17.5 Å². The summed E-state index contributed by atoms with van der Waals surface area (Å²) in [6, 6.07) is -0.890. The van der Waals surface area contributed by atoms with E-state index in [1.54, 1.807) is 0 Å². The lowest BCUT2D eigenvalue weighted by atomic mass is 9.47. The average Bonchev–Trinajstić information content (AvgIpc) is 3.02. The van der Waals surface area contributed by atoms with E-state index in [2.05, 4.69) is 26.1 Å². The maximum atomic E-state index is 14.2. The van der Waals surface area contributed by atoms with Gasteiger partial charge in [0, 0.05) is 29.6 Å². The topological polar surface area (TPSA) is 110 Å². The highest BCUT2D eigenvalue weighted by molar-refractivity contribution is 6.44. The monoisotopic (exact) mass is 529 g/mol. The van der Waals surface area contributed by atoms with Crippen LogP contribution < -0.4 is 5.32 Å². The molecule has 1 aliphatic heterocycles. The quantitative estimate of drug-likeness (QED) is 0.293. The lowest BCUT2D eigenvalue weighted by Gasteiger charge is -2.57. The molecule has 2 fully saturated rings. The van der Waals surface area contributed by atoms with Gasteiger partial charge in [0.05, 0.1) is 6.04 Å². The summed E-state index contributed by atoms with van der Waals surface area (Å²) < 4.78 is 5.60. The standard InChI is InChI=1S/C31H47NO6/c1-17(2)10-9-11-18(3)20-14-15-29(7)27-31(37,26(36)25(35)30(20,29)8)21-12-13-23(38-19(4)33)28(5,6)22(21)16-24(34)32-27/h17-18,20,23,27,37H,9-16H2,1-8H3,(H,32,34)/t18-,20-,23+,27-,29-,30-,31+/m0/s1. The van der Waals surface area contributed by atoms with Crippen LogP contribution in [0.1, 0.15) is 107 Å². The summed E-state index contributed by atoms with van der Waals surface area (Å²) >= 11 is 0. The van der Waals surface area contributed by atoms with E-state index in [0.717, 1.165) is 25.7 Å². The van der Waals surface area contributed by atoms with Gasteiger partial charge < -0.3 is 15.2 Å². The molecule has 7 atom stereocenters. The second-order valence-electron chi connectivity index (χ2n) is 14.0. The summed E-state index contributed by atoms with van der Waals surface area (Å²) in [7, 11) is 0. The Labute approximate surface area is 227 Å². The molecule has 1 heterocycles. The minimum Gasteiger partial charge on any atom is -0.462 e. The zero-order valence-electron chi connectivity index (χ0n) is 24.5. The van der Waals surface area contributed by atoms with E-state index in [0.29, 0.717) is 36.3 Å². The first-order chi connectivity index (χ1) is 17.5. The Morgan fingerprint density at radius 2 is 1.68 bits per heavy atom. The number of carbonyl (C=O) groups is 4. The maximum absolute atomic E-state index is 14.2. The number of nitrogens with one attached hydrogen (secondary N) is 1. The van der Waals surface area contributed by atoms with Gasteiger partial charge in [-0.25, -0.2) is 0 Å². The third-order valence-electron chi connectivity index (χ3n) is 11.1. The number of fused-ring (bicyclic) bond motifs is 4. The second-order valence-corrected chi connectivity index (χ2v) is 14.0. The molecule has 2 N–H and O–H groups in total. The zero-order chi connectivity index (χ0) is 28.4. The fraction of sp³-hybridized carbons (Fsp3) is 0.806. The van der Waals surface area contributed by atoms with Crippen molar-refractivity contribution in [2.45, 2.75) is 125 Å². The molecule has 0 aromatic heterocycles. The number of hydrogen-bond donors (Lipinski definition) is 2. The van der Waals surface area contributed by atoms with E-state index >= 15 is 0 Å². The SMILES string of the molecule is CC(=O)O[C@@H]1CCC2=C(CC(=O)N[C@@H]3[C@]2(O)C(=O)C(=O)[C@]2(C)[C@H]([C@@H](C)CCCC(C)C)CC[C@@]32C)C1(C)C. The van der Waals surface area contributed by atoms with Gasteiger partial charge in [-0.2, -0.15) is 0 Å². The summed E-state index contributed by atoms with van der Waals surface area (Å²) in [5.74, 6) is -1.10. The number of hydrogen-bond acceptors (Lipinski definition) is 6. The fourth-order valence-electron chi connectivity index (χ4n) is 8.68. The van der Waals surface area contributed by atoms with Crippen LogP contribution in [0, 0.1) is 34.0 Å². The number of aliphatic hydroxyl groups is 1. The van der Waals surface area contributed by atoms with Crippen molar-refractivity contribution in [2.24, 2.45) is 34.0 Å². The van der Waals surface area contributed by atoms with Crippen molar-refractivity contribution in [1.82, 2.24) is 5.32 Å². The highest BCUT2D eigenvalue weighted by Gasteiger charge is 2.75. The minimum absolute atomic E-state index is 0.00219. The molecule has 0 aromatic rings. The van der Waals surface area contributed by atoms with Gasteiger partial charge in [-0.1, -0.05) is 67.7 Å². The number of rotatable bonds is 6. The van der Waals surface area contributed by atoms with Crippen molar-refractivity contribution < 1.29 is 29.0 Å². The molecular weight excluding hydrogens is 482 g/mol. The van der Waals surface area contributed by atoms with Crippen molar-refractivity contribution in [3.05, 3.63) is 11.1 Å². The molecule has 0 radical (unpaired) electrons. The van der Waals surface area contributed by atoms with Crippen molar-refractivity contribution in [2.75, 3.05) is 0 Å². The summed E-state index contributed by atoms with van der Waals surface area (Å²) in [4.78, 5) is 53.6. The molecule has 4 aliphatic rings. The van der Waals surface area contributed by atoms with Crippen molar-refractivity contribution in [1.29, 1.82) is 0 Å². The molecule has 0 saturated heterocycles. The molecular formula is C31H47NO6. The lowest BCUT2D eigenvalue weighted by molar-refractivity contribution is -0.176. The Morgan fingerprint density at radius 1 is 1.03 bits per heavy atom. The van der Waals surface area contributed by atoms with Crippen LogP contribution in [-0.4, -0.2) is 46.3 Å². The van der Waals surface area contributed by atoms with Crippen molar-refractivity contribution in [3.63, 3.8) is 0 Å². The largest absolute Gasteiger partial charge is 0.462 e. The van der Waals surface area contributed by atoms with Crippen LogP contribution in [0.25, 0.3) is 0 Å². The summed E-state index contributed by atoms with van der Waals surface area (Å²) in [5, 5.41) is 15.5. The molecule has 0 unspecified atom stereocenters. The molecule has 0 spiro atoms. The number of ether oxygens (including phenoxy) is 1. The van der Waals surface area contributed by atoms with E-state index < -0.39 is 51.5 Å². The normalized spacial score (nSPS) is 39.2. The first kappa shape index (κ1) is 29.0. The van der Waals surface area contributed by atoms with Crippen molar-refractivity contribution in [3.8, 4) is 0 Å². The number of ketones is 2. The predicted octanol–water partition coefficient (Wildman–Crippen LogP) is 4.69. The molecule has 4 rings (SSSR count). The summed E-state index contributed by atoms with van der Waals surface area (Å²) in [6.45, 7) is 15.6. The van der Waals surface area contributed by atoms with Crippen LogP contribution >= 0.6 is 0 Å². The first-order valence-electron chi connectivity index (χ1n) is 14.5. The van der Waals surface area contributed by atoms with E-state index in [1.807, 2.05) is 27.7 Å². The van der Waals surface area contributed by atoms with Gasteiger partial charge in [-0.3, -0.25) is 19.2 Å². The Bertz CT molecular complexity index is 1070. The van der Waals surface area contributed by atoms with Crippen LogP contribution in [0.3, 0.4) is 0 Å². The molecule has 2 saturated carbocycles. The van der Waals surface area contributed by atoms with Crippen LogP contribution in [0.4, 0.5) is 0 Å². The molecule has 212 valence electrons. The lowest BCUT2D eigenvalue weighted by Crippen LogP contribution is -2.75. The number of esters is 1. The van der Waals surface area contributed by atoms with Crippen LogP contribution in [0.2, 0.25) is 0 Å². The molecule has 1 amide bonds. The average molecular weight is 530 g/mol. The van der Waals surface area contributed by atoms with Gasteiger partial charge in [0.15, 0.2) is 5.60 Å². The van der Waals surface area contributed by atoms with Gasteiger partial charge >= 0.3 is 5.97 Å². The summed E-state index contributed by atoms with van der Waals surface area (Å²) in [6.07, 6.45) is 4.84. The highest BCUT2D eigenvalue weighted by Crippen LogP contribution is 2.66. The van der Waals surface area contributed by atoms with E-state index in [-0.39, 0.29) is 24.2 Å². The second kappa shape index (κ2) is 9.57. The minimum atomic E-state index is -2.10. The first-order valence-corrected chi connectivity index (χ1v) is 14.5. The van der Waals surface area contributed by atoms with Gasteiger partial charge in [0.25, 0.3) is 0 Å². The third kappa shape index (κ3) is 4.01. The van der Waals surface area contributed by atoms with Crippen LogP contribution in [0.15, 0.2) is 11.1 Å². The molecule has 0 aromatic carbocycles. The Balaban J connectivity index is 1.79.